The maximum Gasteiger partial charge on any atom is 0.352 e. The molecule has 4 N–H and O–H groups in total. The highest BCUT2D eigenvalue weighted by Gasteiger charge is 2.54. The standard InChI is InChI=1S/C20H22FN9O6S2/c1-30(2,6-11-26-23-9-35-11)5-3-4-10-7-37-18-13(17(32)29(18)14(10)19(33)34)24-16(31)12(27-36-8-21)15-25-20(22)38-28-15/h3-4,9,13,18H,5-8H2,1-2H3,(H3-,22,24,25,28,31,33,34)/p+1/t13-,18+/m1/s1. The largest absolute Gasteiger partial charge is 0.477 e. The normalized spacial score (nSPS) is 19.9. The Morgan fingerprint density at radius 3 is 2.89 bits per heavy atom. The lowest BCUT2D eigenvalue weighted by Gasteiger charge is -2.49. The minimum absolute atomic E-state index is 0.0446. The Labute approximate surface area is 223 Å². The molecule has 0 saturated carbocycles. The van der Waals surface area contributed by atoms with E-state index in [9.17, 15) is 23.9 Å². The van der Waals surface area contributed by atoms with Crippen LogP contribution >= 0.6 is 23.3 Å². The van der Waals surface area contributed by atoms with E-state index in [0.717, 1.165) is 16.4 Å². The van der Waals surface area contributed by atoms with E-state index in [2.05, 4.69) is 34.9 Å². The van der Waals surface area contributed by atoms with E-state index in [4.69, 9.17) is 10.2 Å². The zero-order valence-electron chi connectivity index (χ0n) is 20.1. The summed E-state index contributed by atoms with van der Waals surface area (Å²) in [5.74, 6) is -2.23. The first kappa shape index (κ1) is 27.1. The van der Waals surface area contributed by atoms with Gasteiger partial charge in [0, 0.05) is 17.3 Å². The molecular weight excluding hydrogens is 545 g/mol. The highest BCUT2D eigenvalue weighted by Crippen LogP contribution is 2.40. The van der Waals surface area contributed by atoms with Crippen LogP contribution in [-0.2, 0) is 25.8 Å². The number of carboxylic acid groups (broad SMARTS) is 1. The summed E-state index contributed by atoms with van der Waals surface area (Å²) in [4.78, 5) is 47.2. The summed E-state index contributed by atoms with van der Waals surface area (Å²) in [7, 11) is 3.90. The lowest BCUT2D eigenvalue weighted by atomic mass is 10.0. The molecule has 2 aromatic rings. The molecule has 2 atom stereocenters. The minimum Gasteiger partial charge on any atom is -0.477 e. The van der Waals surface area contributed by atoms with Gasteiger partial charge >= 0.3 is 5.97 Å². The van der Waals surface area contributed by atoms with Gasteiger partial charge < -0.3 is 29.9 Å². The lowest BCUT2D eigenvalue weighted by molar-refractivity contribution is -0.899. The molecule has 1 fully saturated rings. The first-order chi connectivity index (χ1) is 18.1. The number of β-lactam (4-membered cyclic amide) rings is 1. The van der Waals surface area contributed by atoms with Gasteiger partial charge in [-0.1, -0.05) is 11.2 Å². The van der Waals surface area contributed by atoms with Crippen LogP contribution in [0.25, 0.3) is 0 Å². The van der Waals surface area contributed by atoms with Crippen molar-refractivity contribution in [2.45, 2.75) is 18.0 Å². The Balaban J connectivity index is 1.46. The Morgan fingerprint density at radius 2 is 2.26 bits per heavy atom. The van der Waals surface area contributed by atoms with Gasteiger partial charge in [0.1, 0.15) is 17.1 Å². The third kappa shape index (κ3) is 5.81. The van der Waals surface area contributed by atoms with E-state index in [1.807, 2.05) is 20.2 Å². The van der Waals surface area contributed by atoms with E-state index < -0.39 is 41.8 Å². The number of nitrogens with one attached hydrogen (secondary N) is 1. The highest BCUT2D eigenvalue weighted by atomic mass is 32.2. The molecule has 202 valence electrons. The smallest absolute Gasteiger partial charge is 0.352 e. The van der Waals surface area contributed by atoms with Crippen molar-refractivity contribution in [3.8, 4) is 0 Å². The van der Waals surface area contributed by atoms with Crippen LogP contribution in [-0.4, -0.2) is 102 Å². The number of fused-ring (bicyclic) bond motifs is 1. The molecule has 2 aliphatic rings. The van der Waals surface area contributed by atoms with Crippen LogP contribution in [0.15, 0.2) is 39.4 Å². The van der Waals surface area contributed by atoms with Crippen molar-refractivity contribution in [1.82, 2.24) is 29.8 Å². The number of anilines is 1. The van der Waals surface area contributed by atoms with Gasteiger partial charge in [-0.15, -0.1) is 22.0 Å². The zero-order chi connectivity index (χ0) is 27.4. The highest BCUT2D eigenvalue weighted by molar-refractivity contribution is 8.00. The van der Waals surface area contributed by atoms with Crippen molar-refractivity contribution in [2.75, 3.05) is 39.0 Å². The van der Waals surface area contributed by atoms with Crippen LogP contribution in [0, 0.1) is 0 Å². The van der Waals surface area contributed by atoms with Gasteiger partial charge in [0.2, 0.25) is 17.9 Å². The number of carbonyl (C=O) groups is 3. The molecule has 0 unspecified atom stereocenters. The third-order valence-electron chi connectivity index (χ3n) is 5.45. The number of carbonyl (C=O) groups excluding carboxylic acids is 2. The first-order valence-electron chi connectivity index (χ1n) is 10.9. The number of carboxylic acids is 1. The molecule has 0 radical (unpaired) electrons. The zero-order valence-corrected chi connectivity index (χ0v) is 21.7. The van der Waals surface area contributed by atoms with Gasteiger partial charge in [-0.25, -0.2) is 9.18 Å². The number of alkyl halides is 1. The summed E-state index contributed by atoms with van der Waals surface area (Å²) in [6.07, 6.45) is 4.75. The average molecular weight is 569 g/mol. The number of quaternary nitrogens is 1. The number of rotatable bonds is 11. The van der Waals surface area contributed by atoms with Crippen LogP contribution in [0.2, 0.25) is 0 Å². The van der Waals surface area contributed by atoms with Crippen LogP contribution < -0.4 is 11.1 Å². The predicted octanol–water partition coefficient (Wildman–Crippen LogP) is -0.278. The average Bonchev–Trinajstić information content (AvgIpc) is 3.53. The number of allylic oxidation sites excluding steroid dienone is 1. The molecule has 1 saturated heterocycles. The monoisotopic (exact) mass is 568 g/mol. The molecule has 0 aromatic carbocycles. The van der Waals surface area contributed by atoms with Crippen molar-refractivity contribution in [2.24, 2.45) is 5.16 Å². The van der Waals surface area contributed by atoms with E-state index in [-0.39, 0.29) is 22.4 Å². The van der Waals surface area contributed by atoms with Crippen molar-refractivity contribution >= 4 is 51.9 Å². The van der Waals surface area contributed by atoms with E-state index in [1.54, 1.807) is 6.08 Å². The van der Waals surface area contributed by atoms with E-state index in [0.29, 0.717) is 29.0 Å². The maximum atomic E-state index is 12.9. The molecule has 18 heteroatoms. The molecule has 38 heavy (non-hydrogen) atoms. The van der Waals surface area contributed by atoms with E-state index in [1.165, 1.54) is 18.2 Å². The second kappa shape index (κ2) is 11.2. The molecule has 2 aliphatic heterocycles. The second-order valence-corrected chi connectivity index (χ2v) is 10.6. The molecule has 0 spiro atoms. The molecule has 15 nitrogen and oxygen atoms in total. The van der Waals surface area contributed by atoms with Gasteiger partial charge in [-0.05, 0) is 11.6 Å². The number of thioether (sulfide) groups is 1. The Bertz CT molecular complexity index is 1310. The van der Waals surface area contributed by atoms with Gasteiger partial charge in [0.05, 0.1) is 20.6 Å². The summed E-state index contributed by atoms with van der Waals surface area (Å²) in [5, 5.41) is 22.7. The van der Waals surface area contributed by atoms with Crippen molar-refractivity contribution < 1.29 is 37.6 Å². The van der Waals surface area contributed by atoms with Gasteiger partial charge in [-0.2, -0.15) is 9.36 Å². The summed E-state index contributed by atoms with van der Waals surface area (Å²) in [6, 6.07) is -1.05. The number of nitrogens with two attached hydrogens (primary N) is 1. The molecule has 2 aromatic heterocycles. The Morgan fingerprint density at radius 1 is 1.47 bits per heavy atom. The number of aromatic nitrogens is 4. The quantitative estimate of drug-likeness (QED) is 0.139. The number of hydrogen-bond acceptors (Lipinski definition) is 13. The Kier molecular flexibility index (Phi) is 8.02. The third-order valence-corrected chi connectivity index (χ3v) is 7.29. The van der Waals surface area contributed by atoms with Crippen molar-refractivity contribution in [3.05, 3.63) is 41.5 Å². The summed E-state index contributed by atoms with van der Waals surface area (Å²) in [5.41, 5.74) is 5.36. The molecule has 0 bridgehead atoms. The number of halogens is 1. The van der Waals surface area contributed by atoms with Crippen molar-refractivity contribution in [1.29, 1.82) is 0 Å². The van der Waals surface area contributed by atoms with Gasteiger partial charge in [-0.3, -0.25) is 14.5 Å². The van der Waals surface area contributed by atoms with Gasteiger partial charge in [0.15, 0.2) is 11.7 Å². The fourth-order valence-corrected chi connectivity index (χ4v) is 5.51. The summed E-state index contributed by atoms with van der Waals surface area (Å²) >= 11 is 2.08. The van der Waals surface area contributed by atoms with Crippen LogP contribution in [0.3, 0.4) is 0 Å². The molecular formula is C20H23FN9O6S2+. The van der Waals surface area contributed by atoms with Gasteiger partial charge in [0.25, 0.3) is 24.6 Å². The predicted molar refractivity (Wildman–Crippen MR) is 132 cm³/mol. The molecule has 2 amide bonds. The molecule has 0 aliphatic carbocycles. The number of nitrogens with zero attached hydrogens (tertiary/aromatic N) is 7. The summed E-state index contributed by atoms with van der Waals surface area (Å²) in [6.45, 7) is -0.304. The minimum atomic E-state index is -1.30. The fraction of sp³-hybridized carbons (Fsp3) is 0.400. The number of aliphatic carboxylic acids is 1. The molecule has 4 heterocycles. The number of amides is 2. The van der Waals surface area contributed by atoms with Crippen molar-refractivity contribution in [3.63, 3.8) is 0 Å². The number of hydrogen-bond donors (Lipinski definition) is 3. The number of likely N-dealkylation sites (N-methyl/N-ethyl adjacent to an activating group) is 1. The topological polar surface area (TPSA) is 199 Å². The van der Waals surface area contributed by atoms with Crippen LogP contribution in [0.5, 0.6) is 0 Å². The first-order valence-corrected chi connectivity index (χ1v) is 12.7. The van der Waals surface area contributed by atoms with Crippen LogP contribution in [0.1, 0.15) is 11.7 Å². The number of oxime groups is 1. The van der Waals surface area contributed by atoms with E-state index >= 15 is 0 Å². The SMILES string of the molecule is C[N+](C)(CC=CC1=C(C(=O)O)N2C(=O)[C@@H](NC(=O)C(=NOCF)c3nsc(N)n3)[C@@H]2SC1)Cc1nnco1. The number of nitrogen functional groups attached to an aromatic ring is 1. The summed E-state index contributed by atoms with van der Waals surface area (Å²) < 4.78 is 22.0. The maximum absolute atomic E-state index is 12.9. The Hall–Kier alpha value is -3.90. The van der Waals surface area contributed by atoms with Crippen LogP contribution in [0.4, 0.5) is 9.52 Å². The lowest BCUT2D eigenvalue weighted by Crippen LogP contribution is -2.71. The second-order valence-electron chi connectivity index (χ2n) is 8.69. The fourth-order valence-electron chi connectivity index (χ4n) is 3.76. The molecule has 4 rings (SSSR count).